The van der Waals surface area contributed by atoms with E-state index in [1.54, 1.807) is 0 Å². The highest BCUT2D eigenvalue weighted by molar-refractivity contribution is 6.30. The average Bonchev–Trinajstić information content (AvgIpc) is 2.55. The van der Waals surface area contributed by atoms with Gasteiger partial charge in [-0.15, -0.1) is 0 Å². The Balaban J connectivity index is 1.95. The minimum absolute atomic E-state index is 0.0429. The molecular weight excluding hydrogens is 337 g/mol. The highest BCUT2D eigenvalue weighted by Gasteiger charge is 2.21. The number of hydrogen-bond acceptors (Lipinski definition) is 3. The van der Waals surface area contributed by atoms with Crippen molar-refractivity contribution in [3.8, 4) is 0 Å². The van der Waals surface area contributed by atoms with Crippen molar-refractivity contribution in [3.63, 3.8) is 0 Å². The van der Waals surface area contributed by atoms with E-state index in [-0.39, 0.29) is 17.4 Å². The number of rotatable bonds is 7. The van der Waals surface area contributed by atoms with Crippen LogP contribution in [0.5, 0.6) is 0 Å². The maximum absolute atomic E-state index is 13.6. The summed E-state index contributed by atoms with van der Waals surface area (Å²) >= 11 is 5.64. The summed E-state index contributed by atoms with van der Waals surface area (Å²) in [6, 6.07) is 3.26. The lowest BCUT2D eigenvalue weighted by Crippen LogP contribution is -2.30. The number of carbonyl (C=O) groups is 2. The fourth-order valence-electron chi connectivity index (χ4n) is 2.79. The second-order valence-corrected chi connectivity index (χ2v) is 6.39. The van der Waals surface area contributed by atoms with Crippen LogP contribution in [-0.4, -0.2) is 30.2 Å². The molecule has 5 nitrogen and oxygen atoms in total. The van der Waals surface area contributed by atoms with E-state index >= 15 is 0 Å². The van der Waals surface area contributed by atoms with Gasteiger partial charge in [0.15, 0.2) is 0 Å². The third-order valence-corrected chi connectivity index (χ3v) is 4.49. The molecule has 24 heavy (non-hydrogen) atoms. The van der Waals surface area contributed by atoms with Gasteiger partial charge in [-0.2, -0.15) is 0 Å². The molecule has 0 bridgehead atoms. The maximum atomic E-state index is 13.6. The van der Waals surface area contributed by atoms with Gasteiger partial charge in [-0.25, -0.2) is 4.39 Å². The van der Waals surface area contributed by atoms with Crippen molar-refractivity contribution in [2.75, 3.05) is 13.2 Å². The van der Waals surface area contributed by atoms with Crippen LogP contribution in [0, 0.1) is 11.7 Å². The van der Waals surface area contributed by atoms with Crippen LogP contribution in [0.2, 0.25) is 5.02 Å². The van der Waals surface area contributed by atoms with Gasteiger partial charge in [0.1, 0.15) is 5.82 Å². The van der Waals surface area contributed by atoms with Gasteiger partial charge < -0.3 is 15.2 Å². The molecule has 7 heteroatoms. The van der Waals surface area contributed by atoms with Gasteiger partial charge in [-0.1, -0.05) is 17.7 Å². The first-order valence-corrected chi connectivity index (χ1v) is 8.37. The molecule has 0 saturated carbocycles. The van der Waals surface area contributed by atoms with E-state index < -0.39 is 17.8 Å². The molecule has 1 fully saturated rings. The van der Waals surface area contributed by atoms with E-state index in [1.165, 1.54) is 12.1 Å². The van der Waals surface area contributed by atoms with Crippen LogP contribution in [0.4, 0.5) is 4.39 Å². The number of carbonyl (C=O) groups excluding carboxylic acids is 1. The number of amides is 1. The van der Waals surface area contributed by atoms with E-state index in [9.17, 15) is 14.0 Å². The third kappa shape index (κ3) is 5.76. The lowest BCUT2D eigenvalue weighted by Gasteiger charge is -2.22. The molecule has 0 radical (unpaired) electrons. The Bertz CT molecular complexity index is 590. The Kier molecular flexibility index (Phi) is 6.99. The number of aliphatic carboxylic acids is 1. The number of ether oxygens (including phenoxy) is 1. The van der Waals surface area contributed by atoms with Crippen molar-refractivity contribution < 1.29 is 23.8 Å². The summed E-state index contributed by atoms with van der Waals surface area (Å²) in [5, 5.41) is 11.7. The molecule has 1 aromatic rings. The number of halogens is 2. The van der Waals surface area contributed by atoms with Gasteiger partial charge in [0.25, 0.3) is 0 Å². The smallest absolute Gasteiger partial charge is 0.305 e. The Hall–Kier alpha value is -1.66. The SMILES string of the molecule is O=C(O)CC(NC(=O)CCC1CCOCC1)c1ccc(Cl)c(F)c1. The lowest BCUT2D eigenvalue weighted by molar-refractivity contribution is -0.137. The van der Waals surface area contributed by atoms with Crippen molar-refractivity contribution in [3.05, 3.63) is 34.6 Å². The Morgan fingerprint density at radius 3 is 2.71 bits per heavy atom. The van der Waals surface area contributed by atoms with E-state index in [0.29, 0.717) is 17.9 Å². The van der Waals surface area contributed by atoms with E-state index in [4.69, 9.17) is 21.4 Å². The Labute approximate surface area is 145 Å². The maximum Gasteiger partial charge on any atom is 0.305 e. The number of benzene rings is 1. The summed E-state index contributed by atoms with van der Waals surface area (Å²) in [6.07, 6.45) is 2.62. The molecule has 0 aromatic heterocycles. The monoisotopic (exact) mass is 357 g/mol. The fourth-order valence-corrected chi connectivity index (χ4v) is 2.91. The third-order valence-electron chi connectivity index (χ3n) is 4.18. The summed E-state index contributed by atoms with van der Waals surface area (Å²) in [6.45, 7) is 1.44. The first-order valence-electron chi connectivity index (χ1n) is 7.99. The standard InChI is InChI=1S/C17H21ClFNO4/c18-13-3-2-12(9-14(13)19)15(10-17(22)23)20-16(21)4-1-11-5-7-24-8-6-11/h2-3,9,11,15H,1,4-8,10H2,(H,20,21)(H,22,23). The summed E-state index contributed by atoms with van der Waals surface area (Å²) in [7, 11) is 0. The van der Waals surface area contributed by atoms with E-state index in [0.717, 1.165) is 38.5 Å². The van der Waals surface area contributed by atoms with Crippen LogP contribution in [0.3, 0.4) is 0 Å². The number of carboxylic acids is 1. The van der Waals surface area contributed by atoms with Crippen molar-refractivity contribution in [2.45, 2.75) is 38.1 Å². The molecule has 2 N–H and O–H groups in total. The summed E-state index contributed by atoms with van der Waals surface area (Å²) in [4.78, 5) is 23.2. The fraction of sp³-hybridized carbons (Fsp3) is 0.529. The molecule has 1 aliphatic rings. The quantitative estimate of drug-likeness (QED) is 0.785. The molecule has 1 amide bonds. The van der Waals surface area contributed by atoms with Crippen LogP contribution >= 0.6 is 11.6 Å². The van der Waals surface area contributed by atoms with E-state index in [2.05, 4.69) is 5.32 Å². The summed E-state index contributed by atoms with van der Waals surface area (Å²) in [5.74, 6) is -1.49. The molecule has 1 aromatic carbocycles. The zero-order chi connectivity index (χ0) is 17.5. The molecular formula is C17H21ClFNO4. The largest absolute Gasteiger partial charge is 0.481 e. The van der Waals surface area contributed by atoms with Gasteiger partial charge in [-0.05, 0) is 42.9 Å². The molecule has 0 aliphatic carbocycles. The van der Waals surface area contributed by atoms with Crippen LogP contribution in [0.25, 0.3) is 0 Å². The summed E-state index contributed by atoms with van der Waals surface area (Å²) in [5.41, 5.74) is 0.388. The molecule has 2 rings (SSSR count). The van der Waals surface area contributed by atoms with Crippen molar-refractivity contribution in [1.82, 2.24) is 5.32 Å². The molecule has 1 atom stereocenters. The van der Waals surface area contributed by atoms with Crippen molar-refractivity contribution in [2.24, 2.45) is 5.92 Å². The van der Waals surface area contributed by atoms with Crippen molar-refractivity contribution >= 4 is 23.5 Å². The van der Waals surface area contributed by atoms with Crippen LogP contribution in [-0.2, 0) is 14.3 Å². The lowest BCUT2D eigenvalue weighted by atomic mass is 9.94. The van der Waals surface area contributed by atoms with Crippen molar-refractivity contribution in [1.29, 1.82) is 0 Å². The van der Waals surface area contributed by atoms with Crippen LogP contribution in [0.1, 0.15) is 43.7 Å². The predicted molar refractivity (Wildman–Crippen MR) is 87.3 cm³/mol. The number of hydrogen-bond donors (Lipinski definition) is 2. The topological polar surface area (TPSA) is 75.6 Å². The predicted octanol–water partition coefficient (Wildman–Crippen LogP) is 3.32. The zero-order valence-electron chi connectivity index (χ0n) is 13.3. The first kappa shape index (κ1) is 18.7. The van der Waals surface area contributed by atoms with Gasteiger partial charge in [0, 0.05) is 19.6 Å². The zero-order valence-corrected chi connectivity index (χ0v) is 14.0. The molecule has 1 heterocycles. The second-order valence-electron chi connectivity index (χ2n) is 5.99. The molecule has 1 aliphatic heterocycles. The van der Waals surface area contributed by atoms with Gasteiger partial charge >= 0.3 is 5.97 Å². The molecule has 1 unspecified atom stereocenters. The normalized spacial score (nSPS) is 16.6. The van der Waals surface area contributed by atoms with Gasteiger partial charge in [0.2, 0.25) is 5.91 Å². The molecule has 0 spiro atoms. The van der Waals surface area contributed by atoms with Crippen LogP contribution < -0.4 is 5.32 Å². The van der Waals surface area contributed by atoms with E-state index in [1.807, 2.05) is 0 Å². The first-order chi connectivity index (χ1) is 11.5. The highest BCUT2D eigenvalue weighted by Crippen LogP contribution is 2.24. The molecule has 1 saturated heterocycles. The van der Waals surface area contributed by atoms with Gasteiger partial charge in [0.05, 0.1) is 17.5 Å². The van der Waals surface area contributed by atoms with Gasteiger partial charge in [-0.3, -0.25) is 9.59 Å². The highest BCUT2D eigenvalue weighted by atomic mass is 35.5. The van der Waals surface area contributed by atoms with Crippen LogP contribution in [0.15, 0.2) is 18.2 Å². The Morgan fingerprint density at radius 2 is 2.08 bits per heavy atom. The Morgan fingerprint density at radius 1 is 1.38 bits per heavy atom. The molecule has 132 valence electrons. The summed E-state index contributed by atoms with van der Waals surface area (Å²) < 4.78 is 18.9. The minimum Gasteiger partial charge on any atom is -0.481 e. The number of nitrogens with one attached hydrogen (secondary N) is 1. The minimum atomic E-state index is -1.07. The average molecular weight is 358 g/mol. The second kappa shape index (κ2) is 8.99. The number of carboxylic acid groups (broad SMARTS) is 1.